The van der Waals surface area contributed by atoms with Crippen molar-refractivity contribution in [3.8, 4) is 0 Å². The smallest absolute Gasteiger partial charge is 0.364 e. The first-order valence-electron chi connectivity index (χ1n) is 6.67. The third-order valence-electron chi connectivity index (χ3n) is 3.61. The SMILES string of the molecule is CO[C@@]1(C(=O)O)C[C@H](OC(=O)c2ccccc2)[C@H](C)CO1. The van der Waals surface area contributed by atoms with Gasteiger partial charge in [-0.25, -0.2) is 9.59 Å². The first-order valence-corrected chi connectivity index (χ1v) is 6.67. The predicted molar refractivity (Wildman–Crippen MR) is 72.8 cm³/mol. The molecule has 6 nitrogen and oxygen atoms in total. The summed E-state index contributed by atoms with van der Waals surface area (Å²) in [4.78, 5) is 23.4. The second kappa shape index (κ2) is 6.24. The second-order valence-electron chi connectivity index (χ2n) is 5.06. The summed E-state index contributed by atoms with van der Waals surface area (Å²) in [7, 11) is 1.26. The predicted octanol–water partition coefficient (Wildman–Crippen LogP) is 1.70. The maximum Gasteiger partial charge on any atom is 0.364 e. The fourth-order valence-electron chi connectivity index (χ4n) is 2.21. The van der Waals surface area contributed by atoms with Gasteiger partial charge < -0.3 is 19.3 Å². The van der Waals surface area contributed by atoms with Crippen molar-refractivity contribution in [1.29, 1.82) is 0 Å². The van der Waals surface area contributed by atoms with Crippen molar-refractivity contribution in [2.24, 2.45) is 5.92 Å². The van der Waals surface area contributed by atoms with Gasteiger partial charge in [-0.05, 0) is 12.1 Å². The Bertz CT molecular complexity index is 514. The molecular weight excluding hydrogens is 276 g/mol. The molecule has 1 fully saturated rings. The molecule has 1 aliphatic heterocycles. The van der Waals surface area contributed by atoms with Gasteiger partial charge >= 0.3 is 11.9 Å². The van der Waals surface area contributed by atoms with Gasteiger partial charge in [0.05, 0.1) is 18.6 Å². The molecule has 1 N–H and O–H groups in total. The normalized spacial score (nSPS) is 28.9. The molecule has 21 heavy (non-hydrogen) atoms. The molecule has 0 unspecified atom stereocenters. The lowest BCUT2D eigenvalue weighted by molar-refractivity contribution is -0.269. The number of hydrogen-bond acceptors (Lipinski definition) is 5. The Kier molecular flexibility index (Phi) is 4.59. The molecule has 1 saturated heterocycles. The Labute approximate surface area is 122 Å². The van der Waals surface area contributed by atoms with Crippen LogP contribution in [0.2, 0.25) is 0 Å². The van der Waals surface area contributed by atoms with Crippen LogP contribution in [0.5, 0.6) is 0 Å². The zero-order chi connectivity index (χ0) is 15.5. The van der Waals surface area contributed by atoms with E-state index in [0.29, 0.717) is 5.56 Å². The number of carboxylic acid groups (broad SMARTS) is 1. The number of aliphatic carboxylic acids is 1. The van der Waals surface area contributed by atoms with Gasteiger partial charge in [-0.2, -0.15) is 0 Å². The number of carbonyl (C=O) groups is 2. The Morgan fingerprint density at radius 2 is 2.00 bits per heavy atom. The first-order chi connectivity index (χ1) is 9.98. The minimum atomic E-state index is -1.76. The highest BCUT2D eigenvalue weighted by Crippen LogP contribution is 2.31. The van der Waals surface area contributed by atoms with Crippen molar-refractivity contribution in [2.75, 3.05) is 13.7 Å². The highest BCUT2D eigenvalue weighted by atomic mass is 16.7. The van der Waals surface area contributed by atoms with Gasteiger partial charge in [0.15, 0.2) is 0 Å². The summed E-state index contributed by atoms with van der Waals surface area (Å²) in [5, 5.41) is 9.25. The third-order valence-corrected chi connectivity index (χ3v) is 3.61. The highest BCUT2D eigenvalue weighted by Gasteiger charge is 2.48. The summed E-state index contributed by atoms with van der Waals surface area (Å²) >= 11 is 0. The molecule has 0 bridgehead atoms. The minimum absolute atomic E-state index is 0.0431. The molecule has 1 aromatic carbocycles. The van der Waals surface area contributed by atoms with Crippen LogP contribution in [0.4, 0.5) is 0 Å². The van der Waals surface area contributed by atoms with Crippen molar-refractivity contribution >= 4 is 11.9 Å². The van der Waals surface area contributed by atoms with E-state index in [-0.39, 0.29) is 18.9 Å². The quantitative estimate of drug-likeness (QED) is 0.851. The number of ether oxygens (including phenoxy) is 3. The van der Waals surface area contributed by atoms with Crippen LogP contribution in [-0.4, -0.2) is 42.7 Å². The van der Waals surface area contributed by atoms with Gasteiger partial charge in [0.1, 0.15) is 6.10 Å². The first kappa shape index (κ1) is 15.5. The van der Waals surface area contributed by atoms with E-state index >= 15 is 0 Å². The van der Waals surface area contributed by atoms with Crippen molar-refractivity contribution < 1.29 is 28.9 Å². The standard InChI is InChI=1S/C15H18O6/c1-10-9-20-15(19-2,14(17)18)8-12(10)21-13(16)11-6-4-3-5-7-11/h3-7,10,12H,8-9H2,1-2H3,(H,17,18)/t10-,12+,15+/m1/s1. The second-order valence-corrected chi connectivity index (χ2v) is 5.06. The van der Waals surface area contributed by atoms with Crippen LogP contribution in [0, 0.1) is 5.92 Å². The summed E-state index contributed by atoms with van der Waals surface area (Å²) < 4.78 is 15.7. The van der Waals surface area contributed by atoms with E-state index < -0.39 is 23.8 Å². The molecule has 0 radical (unpaired) electrons. The zero-order valence-electron chi connectivity index (χ0n) is 11.9. The molecule has 2 rings (SSSR count). The van der Waals surface area contributed by atoms with Crippen LogP contribution in [-0.2, 0) is 19.0 Å². The van der Waals surface area contributed by atoms with Crippen LogP contribution >= 0.6 is 0 Å². The van der Waals surface area contributed by atoms with Crippen LogP contribution in [0.25, 0.3) is 0 Å². The van der Waals surface area contributed by atoms with Gasteiger partial charge in [-0.15, -0.1) is 0 Å². The number of hydrogen-bond donors (Lipinski definition) is 1. The van der Waals surface area contributed by atoms with Gasteiger partial charge in [-0.3, -0.25) is 0 Å². The van der Waals surface area contributed by atoms with Crippen LogP contribution in [0.1, 0.15) is 23.7 Å². The summed E-state index contributed by atoms with van der Waals surface area (Å²) in [5.74, 6) is -3.57. The van der Waals surface area contributed by atoms with E-state index in [1.807, 2.05) is 6.92 Å². The number of carbonyl (C=O) groups excluding carboxylic acids is 1. The fourth-order valence-corrected chi connectivity index (χ4v) is 2.21. The summed E-state index contributed by atoms with van der Waals surface area (Å²) in [6, 6.07) is 8.57. The van der Waals surface area contributed by atoms with E-state index in [1.165, 1.54) is 7.11 Å². The monoisotopic (exact) mass is 294 g/mol. The lowest BCUT2D eigenvalue weighted by Gasteiger charge is -2.39. The Morgan fingerprint density at radius 3 is 2.57 bits per heavy atom. The molecule has 1 aromatic rings. The Morgan fingerprint density at radius 1 is 1.33 bits per heavy atom. The topological polar surface area (TPSA) is 82.1 Å². The van der Waals surface area contributed by atoms with E-state index in [2.05, 4.69) is 0 Å². The number of methoxy groups -OCH3 is 1. The largest absolute Gasteiger partial charge is 0.477 e. The number of benzene rings is 1. The molecule has 0 amide bonds. The van der Waals surface area contributed by atoms with Gasteiger partial charge in [0.2, 0.25) is 0 Å². The van der Waals surface area contributed by atoms with Crippen molar-refractivity contribution in [1.82, 2.24) is 0 Å². The molecule has 114 valence electrons. The third kappa shape index (κ3) is 3.22. The van der Waals surface area contributed by atoms with Crippen LogP contribution in [0.15, 0.2) is 30.3 Å². The van der Waals surface area contributed by atoms with Crippen LogP contribution < -0.4 is 0 Å². The molecule has 0 spiro atoms. The van der Waals surface area contributed by atoms with E-state index in [1.54, 1.807) is 30.3 Å². The minimum Gasteiger partial charge on any atom is -0.477 e. The zero-order valence-corrected chi connectivity index (χ0v) is 11.9. The van der Waals surface area contributed by atoms with Crippen LogP contribution in [0.3, 0.4) is 0 Å². The Balaban J connectivity index is 2.11. The maximum absolute atomic E-state index is 12.1. The average molecular weight is 294 g/mol. The molecule has 1 heterocycles. The van der Waals surface area contributed by atoms with E-state index in [0.717, 1.165) is 0 Å². The summed E-state index contributed by atoms with van der Waals surface area (Å²) in [6.07, 6.45) is -0.624. The number of carboxylic acids is 1. The Hall–Kier alpha value is -1.92. The molecule has 6 heteroatoms. The lowest BCUT2D eigenvalue weighted by Crippen LogP contribution is -2.53. The number of rotatable bonds is 4. The molecule has 1 aliphatic rings. The highest BCUT2D eigenvalue weighted by molar-refractivity contribution is 5.89. The lowest BCUT2D eigenvalue weighted by atomic mass is 9.94. The molecular formula is C15H18O6. The van der Waals surface area contributed by atoms with Gasteiger partial charge in [-0.1, -0.05) is 25.1 Å². The van der Waals surface area contributed by atoms with E-state index in [9.17, 15) is 14.7 Å². The van der Waals surface area contributed by atoms with Crippen molar-refractivity contribution in [3.63, 3.8) is 0 Å². The molecule has 3 atom stereocenters. The van der Waals surface area contributed by atoms with Crippen molar-refractivity contribution in [2.45, 2.75) is 25.2 Å². The molecule has 0 aliphatic carbocycles. The number of esters is 1. The van der Waals surface area contributed by atoms with Crippen molar-refractivity contribution in [3.05, 3.63) is 35.9 Å². The molecule has 0 saturated carbocycles. The molecule has 0 aromatic heterocycles. The average Bonchev–Trinajstić information content (AvgIpc) is 2.50. The maximum atomic E-state index is 12.1. The van der Waals surface area contributed by atoms with Gasteiger partial charge in [0, 0.05) is 13.0 Å². The summed E-state index contributed by atoms with van der Waals surface area (Å²) in [5.41, 5.74) is 0.425. The van der Waals surface area contributed by atoms with E-state index in [4.69, 9.17) is 14.2 Å². The fraction of sp³-hybridized carbons (Fsp3) is 0.467. The van der Waals surface area contributed by atoms with Gasteiger partial charge in [0.25, 0.3) is 5.79 Å². The summed E-state index contributed by atoms with van der Waals surface area (Å²) in [6.45, 7) is 1.98.